The fourth-order valence-electron chi connectivity index (χ4n) is 3.31. The Labute approximate surface area is 180 Å². The van der Waals surface area contributed by atoms with Crippen LogP contribution in [0.15, 0.2) is 35.5 Å². The predicted molar refractivity (Wildman–Crippen MR) is 113 cm³/mol. The molecule has 3 heterocycles. The van der Waals surface area contributed by atoms with Crippen molar-refractivity contribution in [2.24, 2.45) is 0 Å². The van der Waals surface area contributed by atoms with E-state index in [1.165, 1.54) is 12.3 Å². The molecule has 1 aliphatic heterocycles. The number of pyridine rings is 2. The van der Waals surface area contributed by atoms with Crippen LogP contribution in [-0.2, 0) is 32.3 Å². The fraction of sp³-hybridized carbons (Fsp3) is 0.400. The van der Waals surface area contributed by atoms with Gasteiger partial charge in [-0.3, -0.25) is 14.6 Å². The van der Waals surface area contributed by atoms with Crippen molar-refractivity contribution in [1.29, 1.82) is 0 Å². The summed E-state index contributed by atoms with van der Waals surface area (Å²) in [6.07, 6.45) is 4.37. The number of nitrogens with zero attached hydrogens (tertiary/aromatic N) is 4. The van der Waals surface area contributed by atoms with Gasteiger partial charge in [0.25, 0.3) is 0 Å². The Morgan fingerprint density at radius 1 is 1.07 bits per heavy atom. The number of Topliss-reactive ketones (excluding diaryl/α,β-unsaturated/α-hetero) is 1. The molecule has 1 amide bonds. The summed E-state index contributed by atoms with van der Waals surface area (Å²) in [7, 11) is -3.52. The van der Waals surface area contributed by atoms with Crippen molar-refractivity contribution < 1.29 is 18.0 Å². The molecule has 2 aromatic heterocycles. The van der Waals surface area contributed by atoms with Crippen molar-refractivity contribution in [2.45, 2.75) is 24.7 Å². The summed E-state index contributed by atoms with van der Waals surface area (Å²) in [4.78, 5) is 36.0. The van der Waals surface area contributed by atoms with Crippen LogP contribution in [0.3, 0.4) is 0 Å². The smallest absolute Gasteiger partial charge is 0.219 e. The average molecular weight is 451 g/mol. The summed E-state index contributed by atoms with van der Waals surface area (Å²) in [5.41, 5.74) is 2.08. The minimum absolute atomic E-state index is 0.0448. The molecular formula is C20H23ClN4O4S. The lowest BCUT2D eigenvalue weighted by Gasteiger charge is -2.35. The molecule has 30 heavy (non-hydrogen) atoms. The van der Waals surface area contributed by atoms with Crippen LogP contribution in [0.4, 0.5) is 5.69 Å². The third-order valence-electron chi connectivity index (χ3n) is 4.94. The predicted octanol–water partition coefficient (Wildman–Crippen LogP) is 1.56. The molecule has 3 rings (SSSR count). The second-order valence-corrected chi connectivity index (χ2v) is 9.64. The first kappa shape index (κ1) is 22.2. The van der Waals surface area contributed by atoms with Crippen molar-refractivity contribution in [3.05, 3.63) is 47.0 Å². The second kappa shape index (κ2) is 9.09. The lowest BCUT2D eigenvalue weighted by atomic mass is 10.1. The SMILES string of the molecule is CC(=O)N1CCN(c2ccc(CC(=O)Cc3cnc(Cl)c(S(C)(=O)=O)c3)nc2)CC1. The van der Waals surface area contributed by atoms with Gasteiger partial charge in [-0.15, -0.1) is 0 Å². The van der Waals surface area contributed by atoms with Gasteiger partial charge in [0, 0.05) is 64.1 Å². The van der Waals surface area contributed by atoms with Crippen molar-refractivity contribution in [3.63, 3.8) is 0 Å². The van der Waals surface area contributed by atoms with Crippen LogP contribution in [-0.4, -0.2) is 67.4 Å². The number of carbonyl (C=O) groups is 2. The molecular weight excluding hydrogens is 428 g/mol. The molecule has 10 heteroatoms. The third kappa shape index (κ3) is 5.54. The topological polar surface area (TPSA) is 101 Å². The summed E-state index contributed by atoms with van der Waals surface area (Å²) in [5.74, 6) is -0.0184. The quantitative estimate of drug-likeness (QED) is 0.615. The lowest BCUT2D eigenvalue weighted by Crippen LogP contribution is -2.48. The van der Waals surface area contributed by atoms with E-state index in [0.717, 1.165) is 25.0 Å². The molecule has 0 spiro atoms. The summed E-state index contributed by atoms with van der Waals surface area (Å²) in [6, 6.07) is 5.12. The Hall–Kier alpha value is -2.52. The van der Waals surface area contributed by atoms with Gasteiger partial charge in [-0.05, 0) is 23.8 Å². The van der Waals surface area contributed by atoms with Crippen molar-refractivity contribution in [2.75, 3.05) is 37.3 Å². The van der Waals surface area contributed by atoms with E-state index >= 15 is 0 Å². The minimum atomic E-state index is -3.52. The zero-order valence-electron chi connectivity index (χ0n) is 16.8. The van der Waals surface area contributed by atoms with Crippen LogP contribution in [0.1, 0.15) is 18.2 Å². The second-order valence-electron chi connectivity index (χ2n) is 7.30. The Bertz CT molecular complexity index is 1050. The van der Waals surface area contributed by atoms with Gasteiger partial charge in [-0.2, -0.15) is 0 Å². The van der Waals surface area contributed by atoms with E-state index in [0.29, 0.717) is 24.3 Å². The molecule has 0 atom stereocenters. The zero-order valence-corrected chi connectivity index (χ0v) is 18.4. The van der Waals surface area contributed by atoms with Crippen LogP contribution in [0.25, 0.3) is 0 Å². The standard InChI is InChI=1S/C20H23ClN4O4S/c1-14(26)24-5-7-25(8-6-24)17-4-3-16(22-13-17)11-18(27)9-15-10-19(30(2,28)29)20(21)23-12-15/h3-4,10,12-13H,5-9,11H2,1-2H3. The van der Waals surface area contributed by atoms with Gasteiger partial charge in [-0.25, -0.2) is 13.4 Å². The Kier molecular flexibility index (Phi) is 6.72. The highest BCUT2D eigenvalue weighted by Crippen LogP contribution is 2.21. The van der Waals surface area contributed by atoms with E-state index in [4.69, 9.17) is 11.6 Å². The molecule has 0 radical (unpaired) electrons. The maximum atomic E-state index is 12.4. The highest BCUT2D eigenvalue weighted by molar-refractivity contribution is 7.90. The molecule has 0 saturated carbocycles. The Morgan fingerprint density at radius 3 is 2.33 bits per heavy atom. The van der Waals surface area contributed by atoms with Gasteiger partial charge >= 0.3 is 0 Å². The first-order chi connectivity index (χ1) is 14.1. The number of anilines is 1. The third-order valence-corrected chi connectivity index (χ3v) is 6.47. The fourth-order valence-corrected chi connectivity index (χ4v) is 4.55. The van der Waals surface area contributed by atoms with E-state index in [-0.39, 0.29) is 34.6 Å². The number of amides is 1. The van der Waals surface area contributed by atoms with Gasteiger partial charge in [-0.1, -0.05) is 11.6 Å². The van der Waals surface area contributed by atoms with Crippen molar-refractivity contribution >= 4 is 38.8 Å². The number of hydrogen-bond donors (Lipinski definition) is 0. The van der Waals surface area contributed by atoms with Crippen LogP contribution < -0.4 is 4.90 Å². The van der Waals surface area contributed by atoms with Crippen molar-refractivity contribution in [3.8, 4) is 0 Å². The molecule has 0 aromatic carbocycles. The summed E-state index contributed by atoms with van der Waals surface area (Å²) >= 11 is 5.84. The molecule has 160 valence electrons. The van der Waals surface area contributed by atoms with Crippen LogP contribution >= 0.6 is 11.6 Å². The van der Waals surface area contributed by atoms with Crippen molar-refractivity contribution in [1.82, 2.24) is 14.9 Å². The normalized spacial score (nSPS) is 14.6. The van der Waals surface area contributed by atoms with E-state index < -0.39 is 9.84 Å². The van der Waals surface area contributed by atoms with Crippen LogP contribution in [0, 0.1) is 0 Å². The highest BCUT2D eigenvalue weighted by atomic mass is 35.5. The van der Waals surface area contributed by atoms with Gasteiger partial charge in [0.15, 0.2) is 9.84 Å². The lowest BCUT2D eigenvalue weighted by molar-refractivity contribution is -0.129. The van der Waals surface area contributed by atoms with E-state index in [1.54, 1.807) is 13.1 Å². The highest BCUT2D eigenvalue weighted by Gasteiger charge is 2.19. The van der Waals surface area contributed by atoms with Crippen LogP contribution in [0.5, 0.6) is 0 Å². The van der Waals surface area contributed by atoms with Gasteiger partial charge in [0.1, 0.15) is 15.8 Å². The largest absolute Gasteiger partial charge is 0.367 e. The van der Waals surface area contributed by atoms with E-state index in [2.05, 4.69) is 14.9 Å². The molecule has 1 saturated heterocycles. The first-order valence-corrected chi connectivity index (χ1v) is 11.7. The molecule has 0 bridgehead atoms. The number of piperazine rings is 1. The van der Waals surface area contributed by atoms with Gasteiger partial charge < -0.3 is 9.80 Å². The number of hydrogen-bond acceptors (Lipinski definition) is 7. The molecule has 0 N–H and O–H groups in total. The van der Waals surface area contributed by atoms with Crippen LogP contribution in [0.2, 0.25) is 5.15 Å². The molecule has 8 nitrogen and oxygen atoms in total. The van der Waals surface area contributed by atoms with E-state index in [1.807, 2.05) is 17.0 Å². The first-order valence-electron chi connectivity index (χ1n) is 9.45. The zero-order chi connectivity index (χ0) is 21.9. The molecule has 1 fully saturated rings. The average Bonchev–Trinajstić information content (AvgIpc) is 2.69. The maximum Gasteiger partial charge on any atom is 0.219 e. The number of halogens is 1. The maximum absolute atomic E-state index is 12.4. The van der Waals surface area contributed by atoms with Gasteiger partial charge in [0.05, 0.1) is 11.9 Å². The molecule has 1 aliphatic rings. The monoisotopic (exact) mass is 450 g/mol. The number of sulfone groups is 1. The summed E-state index contributed by atoms with van der Waals surface area (Å²) < 4.78 is 23.5. The number of aromatic nitrogens is 2. The van der Waals surface area contributed by atoms with E-state index in [9.17, 15) is 18.0 Å². The molecule has 2 aromatic rings. The summed E-state index contributed by atoms with van der Waals surface area (Å²) in [5, 5.41) is -0.102. The Balaban J connectivity index is 1.60. The minimum Gasteiger partial charge on any atom is -0.367 e. The number of carbonyl (C=O) groups excluding carboxylic acids is 2. The molecule has 0 unspecified atom stereocenters. The molecule has 0 aliphatic carbocycles. The van der Waals surface area contributed by atoms with Gasteiger partial charge in [0.2, 0.25) is 5.91 Å². The Morgan fingerprint density at radius 2 is 1.77 bits per heavy atom. The number of rotatable bonds is 6. The number of ketones is 1. The summed E-state index contributed by atoms with van der Waals surface area (Å²) in [6.45, 7) is 4.42.